The lowest BCUT2D eigenvalue weighted by molar-refractivity contribution is 0.530. The summed E-state index contributed by atoms with van der Waals surface area (Å²) in [5, 5.41) is 4.08. The molecule has 1 heterocycles. The van der Waals surface area contributed by atoms with Crippen molar-refractivity contribution in [3.8, 4) is 0 Å². The van der Waals surface area contributed by atoms with Gasteiger partial charge in [-0.1, -0.05) is 13.8 Å². The van der Waals surface area contributed by atoms with E-state index in [-0.39, 0.29) is 0 Å². The van der Waals surface area contributed by atoms with E-state index in [1.807, 2.05) is 24.2 Å². The fourth-order valence-corrected chi connectivity index (χ4v) is 2.76. The van der Waals surface area contributed by atoms with Gasteiger partial charge in [0, 0.05) is 28.6 Å². The van der Waals surface area contributed by atoms with Crippen molar-refractivity contribution in [2.24, 2.45) is 0 Å². The van der Waals surface area contributed by atoms with Crippen LogP contribution in [-0.2, 0) is 0 Å². The Hall–Kier alpha value is -0.540. The second kappa shape index (κ2) is 6.85. The molecule has 0 amide bonds. The first kappa shape index (κ1) is 12.5. The average molecular weight is 224 g/mol. The Morgan fingerprint density at radius 2 is 2.00 bits per heavy atom. The van der Waals surface area contributed by atoms with Gasteiger partial charge in [0.25, 0.3) is 0 Å². The topological polar surface area (TPSA) is 24.9 Å². The molecule has 0 fully saturated rings. The van der Waals surface area contributed by atoms with Crippen molar-refractivity contribution in [2.45, 2.75) is 43.4 Å². The molecule has 3 heteroatoms. The standard InChI is InChI=1S/C12H20N2S/c1-4-14-10(2)9-11(3)15-12-5-7-13-8-6-12/h5-8,10-11,14H,4,9H2,1-3H3. The highest BCUT2D eigenvalue weighted by Gasteiger charge is 2.08. The van der Waals surface area contributed by atoms with Crippen LogP contribution in [0.1, 0.15) is 27.2 Å². The Labute approximate surface area is 96.9 Å². The van der Waals surface area contributed by atoms with Crippen molar-refractivity contribution in [1.29, 1.82) is 0 Å². The fourth-order valence-electron chi connectivity index (χ4n) is 1.63. The van der Waals surface area contributed by atoms with Crippen molar-refractivity contribution in [3.63, 3.8) is 0 Å². The molecule has 0 bridgehead atoms. The van der Waals surface area contributed by atoms with E-state index in [1.165, 1.54) is 11.3 Å². The van der Waals surface area contributed by atoms with Crippen molar-refractivity contribution < 1.29 is 0 Å². The molecule has 0 radical (unpaired) electrons. The summed E-state index contributed by atoms with van der Waals surface area (Å²) in [5.41, 5.74) is 0. The molecule has 15 heavy (non-hydrogen) atoms. The first-order valence-corrected chi connectivity index (χ1v) is 6.40. The Balaban J connectivity index is 2.33. The average Bonchev–Trinajstić information content (AvgIpc) is 2.19. The lowest BCUT2D eigenvalue weighted by Crippen LogP contribution is -2.28. The molecule has 0 aliphatic carbocycles. The highest BCUT2D eigenvalue weighted by molar-refractivity contribution is 7.99. The zero-order valence-corrected chi connectivity index (χ0v) is 10.6. The molecule has 84 valence electrons. The van der Waals surface area contributed by atoms with Gasteiger partial charge in [-0.2, -0.15) is 0 Å². The van der Waals surface area contributed by atoms with Crippen LogP contribution >= 0.6 is 11.8 Å². The molecule has 0 saturated heterocycles. The third kappa shape index (κ3) is 5.19. The van der Waals surface area contributed by atoms with Crippen LogP contribution in [0.15, 0.2) is 29.4 Å². The van der Waals surface area contributed by atoms with Gasteiger partial charge in [0.1, 0.15) is 0 Å². The zero-order chi connectivity index (χ0) is 11.1. The lowest BCUT2D eigenvalue weighted by atomic mass is 10.2. The monoisotopic (exact) mass is 224 g/mol. The molecule has 2 nitrogen and oxygen atoms in total. The van der Waals surface area contributed by atoms with E-state index >= 15 is 0 Å². The van der Waals surface area contributed by atoms with Gasteiger partial charge in [0.15, 0.2) is 0 Å². The molecule has 0 aromatic carbocycles. The van der Waals surface area contributed by atoms with Gasteiger partial charge in [-0.25, -0.2) is 0 Å². The minimum Gasteiger partial charge on any atom is -0.314 e. The van der Waals surface area contributed by atoms with E-state index in [2.05, 4.69) is 43.2 Å². The SMILES string of the molecule is CCNC(C)CC(C)Sc1ccncc1. The van der Waals surface area contributed by atoms with Crippen LogP contribution in [-0.4, -0.2) is 22.8 Å². The number of hydrogen-bond acceptors (Lipinski definition) is 3. The zero-order valence-electron chi connectivity index (χ0n) is 9.73. The van der Waals surface area contributed by atoms with Crippen LogP contribution in [0.25, 0.3) is 0 Å². The molecule has 1 aromatic rings. The first-order valence-electron chi connectivity index (χ1n) is 5.52. The summed E-state index contributed by atoms with van der Waals surface area (Å²) in [7, 11) is 0. The molecule has 1 rings (SSSR count). The normalized spacial score (nSPS) is 14.9. The van der Waals surface area contributed by atoms with Crippen LogP contribution in [0.2, 0.25) is 0 Å². The second-order valence-electron chi connectivity index (χ2n) is 3.81. The van der Waals surface area contributed by atoms with Crippen LogP contribution in [0.3, 0.4) is 0 Å². The minimum atomic E-state index is 0.597. The molecule has 2 atom stereocenters. The number of hydrogen-bond donors (Lipinski definition) is 1. The van der Waals surface area contributed by atoms with Gasteiger partial charge < -0.3 is 5.32 Å². The quantitative estimate of drug-likeness (QED) is 0.752. The summed E-state index contributed by atoms with van der Waals surface area (Å²) >= 11 is 1.92. The maximum Gasteiger partial charge on any atom is 0.0278 e. The molecule has 0 spiro atoms. The van der Waals surface area contributed by atoms with Gasteiger partial charge in [-0.05, 0) is 32.0 Å². The number of nitrogens with zero attached hydrogens (tertiary/aromatic N) is 1. The lowest BCUT2D eigenvalue weighted by Gasteiger charge is -2.17. The van der Waals surface area contributed by atoms with Crippen molar-refractivity contribution in [3.05, 3.63) is 24.5 Å². The molecule has 0 aliphatic heterocycles. The predicted octanol–water partition coefficient (Wildman–Crippen LogP) is 2.95. The third-order valence-electron chi connectivity index (χ3n) is 2.23. The van der Waals surface area contributed by atoms with E-state index in [0.29, 0.717) is 11.3 Å². The summed E-state index contributed by atoms with van der Waals surface area (Å²) in [4.78, 5) is 5.32. The van der Waals surface area contributed by atoms with Crippen LogP contribution in [0, 0.1) is 0 Å². The van der Waals surface area contributed by atoms with Crippen molar-refractivity contribution in [2.75, 3.05) is 6.54 Å². The molecule has 0 aliphatic rings. The van der Waals surface area contributed by atoms with Crippen molar-refractivity contribution in [1.82, 2.24) is 10.3 Å². The minimum absolute atomic E-state index is 0.597. The molecular formula is C12H20N2S. The Kier molecular flexibility index (Phi) is 5.73. The highest BCUT2D eigenvalue weighted by atomic mass is 32.2. The third-order valence-corrected chi connectivity index (χ3v) is 3.36. The van der Waals surface area contributed by atoms with Gasteiger partial charge in [-0.15, -0.1) is 11.8 Å². The molecule has 1 N–H and O–H groups in total. The van der Waals surface area contributed by atoms with Gasteiger partial charge >= 0.3 is 0 Å². The maximum absolute atomic E-state index is 4.02. The Bertz CT molecular complexity index is 264. The fraction of sp³-hybridized carbons (Fsp3) is 0.583. The van der Waals surface area contributed by atoms with Crippen LogP contribution in [0.5, 0.6) is 0 Å². The van der Waals surface area contributed by atoms with Gasteiger partial charge in [-0.3, -0.25) is 4.98 Å². The van der Waals surface area contributed by atoms with E-state index in [0.717, 1.165) is 6.54 Å². The molecular weight excluding hydrogens is 204 g/mol. The second-order valence-corrected chi connectivity index (χ2v) is 5.32. The van der Waals surface area contributed by atoms with E-state index < -0.39 is 0 Å². The molecule has 1 aromatic heterocycles. The summed E-state index contributed by atoms with van der Waals surface area (Å²) < 4.78 is 0. The molecule has 0 saturated carbocycles. The van der Waals surface area contributed by atoms with Crippen LogP contribution < -0.4 is 5.32 Å². The largest absolute Gasteiger partial charge is 0.314 e. The number of rotatable bonds is 6. The number of thioether (sulfide) groups is 1. The summed E-state index contributed by atoms with van der Waals surface area (Å²) in [5.74, 6) is 0. The van der Waals surface area contributed by atoms with E-state index in [9.17, 15) is 0 Å². The summed E-state index contributed by atoms with van der Waals surface area (Å²) in [6, 6.07) is 4.73. The maximum atomic E-state index is 4.02. The van der Waals surface area contributed by atoms with E-state index in [1.54, 1.807) is 0 Å². The van der Waals surface area contributed by atoms with Crippen LogP contribution in [0.4, 0.5) is 0 Å². The Morgan fingerprint density at radius 3 is 2.60 bits per heavy atom. The summed E-state index contributed by atoms with van der Waals surface area (Å²) in [6.45, 7) is 7.72. The number of aromatic nitrogens is 1. The number of pyridine rings is 1. The molecule has 2 unspecified atom stereocenters. The number of nitrogens with one attached hydrogen (secondary N) is 1. The first-order chi connectivity index (χ1) is 7.22. The van der Waals surface area contributed by atoms with Crippen molar-refractivity contribution >= 4 is 11.8 Å². The predicted molar refractivity (Wildman–Crippen MR) is 67.3 cm³/mol. The smallest absolute Gasteiger partial charge is 0.0278 e. The summed E-state index contributed by atoms with van der Waals surface area (Å²) in [6.07, 6.45) is 4.90. The highest BCUT2D eigenvalue weighted by Crippen LogP contribution is 2.24. The van der Waals surface area contributed by atoms with Gasteiger partial charge in [0.2, 0.25) is 0 Å². The van der Waals surface area contributed by atoms with E-state index in [4.69, 9.17) is 0 Å². The Morgan fingerprint density at radius 1 is 1.33 bits per heavy atom. The van der Waals surface area contributed by atoms with Gasteiger partial charge in [0.05, 0.1) is 0 Å².